The van der Waals surface area contributed by atoms with Crippen LogP contribution in [0.2, 0.25) is 18.1 Å². The van der Waals surface area contributed by atoms with Gasteiger partial charge in [0.1, 0.15) is 0 Å². The third-order valence-electron chi connectivity index (χ3n) is 11.9. The van der Waals surface area contributed by atoms with Gasteiger partial charge in [-0.2, -0.15) is 0 Å². The summed E-state index contributed by atoms with van der Waals surface area (Å²) in [5, 5.41) is 0.289. The Kier molecular flexibility index (Phi) is 4.81. The second-order valence-corrected chi connectivity index (χ2v) is 18.9. The minimum atomic E-state index is -1.71. The van der Waals surface area contributed by atoms with Crippen LogP contribution in [0, 0.1) is 34.5 Å². The van der Waals surface area contributed by atoms with Crippen LogP contribution in [0.3, 0.4) is 0 Å². The Morgan fingerprint density at radius 1 is 0.938 bits per heavy atom. The molecule has 32 heavy (non-hydrogen) atoms. The monoisotopic (exact) mass is 462 g/mol. The van der Waals surface area contributed by atoms with E-state index in [2.05, 4.69) is 47.7 Å². The Morgan fingerprint density at radius 2 is 1.66 bits per heavy atom. The first-order chi connectivity index (χ1) is 14.9. The summed E-state index contributed by atoms with van der Waals surface area (Å²) in [5.74, 6) is 2.60. The Balaban J connectivity index is 1.23. The average Bonchev–Trinajstić information content (AvgIpc) is 3.26. The summed E-state index contributed by atoms with van der Waals surface area (Å²) in [4.78, 5) is 0. The van der Waals surface area contributed by atoms with Crippen LogP contribution in [-0.2, 0) is 18.6 Å². The summed E-state index contributed by atoms with van der Waals surface area (Å²) >= 11 is 0. The lowest BCUT2D eigenvalue weighted by atomic mass is 9.45. The van der Waals surface area contributed by atoms with E-state index in [1.165, 1.54) is 38.5 Å². The predicted octanol–water partition coefficient (Wildman–Crippen LogP) is 6.15. The lowest BCUT2D eigenvalue weighted by molar-refractivity contribution is -0.242. The molecule has 1 spiro atoms. The fourth-order valence-electron chi connectivity index (χ4n) is 9.17. The van der Waals surface area contributed by atoms with E-state index in [-0.39, 0.29) is 16.2 Å². The first kappa shape index (κ1) is 22.5. The van der Waals surface area contributed by atoms with Crippen molar-refractivity contribution < 1.29 is 18.6 Å². The normalized spacial score (nSPS) is 51.7. The lowest BCUT2D eigenvalue weighted by Gasteiger charge is -2.60. The molecule has 6 fully saturated rings. The van der Waals surface area contributed by atoms with Crippen molar-refractivity contribution >= 4 is 8.32 Å². The van der Waals surface area contributed by atoms with Gasteiger partial charge in [-0.15, -0.1) is 0 Å². The van der Waals surface area contributed by atoms with Crippen molar-refractivity contribution in [3.8, 4) is 0 Å². The maximum atomic E-state index is 6.93. The smallest absolute Gasteiger partial charge is 0.192 e. The number of hydrogen-bond donors (Lipinski definition) is 0. The molecule has 0 aromatic rings. The summed E-state index contributed by atoms with van der Waals surface area (Å²) < 4.78 is 26.3. The topological polar surface area (TPSA) is 40.2 Å². The largest absolute Gasteiger partial charge is 0.414 e. The molecule has 182 valence electrons. The fraction of sp³-hybridized carbons (Fsp3) is 1.00. The van der Waals surface area contributed by atoms with E-state index in [9.17, 15) is 0 Å². The molecule has 0 bridgehead atoms. The molecule has 6 aliphatic rings. The van der Waals surface area contributed by atoms with Gasteiger partial charge in [-0.3, -0.25) is 0 Å². The van der Waals surface area contributed by atoms with Gasteiger partial charge in [0.05, 0.1) is 30.8 Å². The van der Waals surface area contributed by atoms with Crippen LogP contribution < -0.4 is 0 Å². The molecule has 0 N–H and O–H groups in total. The second-order valence-electron chi connectivity index (χ2n) is 14.1. The van der Waals surface area contributed by atoms with Crippen LogP contribution in [0.5, 0.6) is 0 Å². The van der Waals surface area contributed by atoms with E-state index >= 15 is 0 Å². The summed E-state index contributed by atoms with van der Waals surface area (Å²) in [5.41, 5.74) is 0.450. The number of rotatable bonds is 2. The summed E-state index contributed by atoms with van der Waals surface area (Å²) in [6.07, 6.45) is 10.1. The molecule has 9 atom stereocenters. The zero-order chi connectivity index (χ0) is 22.7. The van der Waals surface area contributed by atoms with Gasteiger partial charge < -0.3 is 18.6 Å². The number of epoxide rings is 1. The molecule has 5 heteroatoms. The molecule has 0 amide bonds. The molecule has 6 rings (SSSR count). The Morgan fingerprint density at radius 3 is 2.34 bits per heavy atom. The molecule has 2 aliphatic heterocycles. The molecule has 4 saturated carbocycles. The summed E-state index contributed by atoms with van der Waals surface area (Å²) in [6, 6.07) is 0. The minimum Gasteiger partial charge on any atom is -0.414 e. The van der Waals surface area contributed by atoms with Crippen LogP contribution in [0.1, 0.15) is 79.6 Å². The highest BCUT2D eigenvalue weighted by Gasteiger charge is 2.78. The molecule has 0 aromatic carbocycles. The van der Waals surface area contributed by atoms with Gasteiger partial charge in [0, 0.05) is 12.5 Å². The van der Waals surface area contributed by atoms with Crippen molar-refractivity contribution in [3.63, 3.8) is 0 Å². The average molecular weight is 463 g/mol. The van der Waals surface area contributed by atoms with Crippen LogP contribution in [0.15, 0.2) is 0 Å². The minimum absolute atomic E-state index is 0.0428. The van der Waals surface area contributed by atoms with Crippen molar-refractivity contribution in [2.75, 3.05) is 13.2 Å². The summed E-state index contributed by atoms with van der Waals surface area (Å²) in [7, 11) is -1.71. The highest BCUT2D eigenvalue weighted by atomic mass is 28.4. The number of ether oxygens (including phenoxy) is 3. The van der Waals surface area contributed by atoms with Gasteiger partial charge in [0.2, 0.25) is 0 Å². The van der Waals surface area contributed by atoms with Crippen molar-refractivity contribution in [2.45, 2.75) is 122 Å². The Labute approximate surface area is 196 Å². The van der Waals surface area contributed by atoms with Crippen LogP contribution in [0.25, 0.3) is 0 Å². The number of fused-ring (bicyclic) bond motifs is 9. The number of hydrogen-bond acceptors (Lipinski definition) is 4. The van der Waals surface area contributed by atoms with Crippen molar-refractivity contribution in [2.24, 2.45) is 34.5 Å². The third-order valence-corrected chi connectivity index (χ3v) is 16.5. The van der Waals surface area contributed by atoms with Gasteiger partial charge >= 0.3 is 0 Å². The Hall–Kier alpha value is 0.0569. The Bertz CT molecular complexity index is 770. The van der Waals surface area contributed by atoms with Crippen molar-refractivity contribution in [1.82, 2.24) is 0 Å². The van der Waals surface area contributed by atoms with Crippen LogP contribution in [-0.4, -0.2) is 45.6 Å². The first-order valence-electron chi connectivity index (χ1n) is 13.5. The highest BCUT2D eigenvalue weighted by molar-refractivity contribution is 6.74. The van der Waals surface area contributed by atoms with Gasteiger partial charge in [-0.1, -0.05) is 34.6 Å². The molecule has 2 heterocycles. The molecule has 4 unspecified atom stereocenters. The van der Waals surface area contributed by atoms with E-state index in [1.807, 2.05) is 0 Å². The van der Waals surface area contributed by atoms with E-state index < -0.39 is 8.32 Å². The van der Waals surface area contributed by atoms with Crippen LogP contribution >= 0.6 is 0 Å². The van der Waals surface area contributed by atoms with Gasteiger partial charge in [-0.05, 0) is 85.7 Å². The zero-order valence-corrected chi connectivity index (χ0v) is 22.5. The van der Waals surface area contributed by atoms with E-state index in [1.54, 1.807) is 0 Å². The standard InChI is InChI=1S/C27H46O4Si/c1-24(2,3)32(6,7)31-18-10-12-25(4)17(16-18)8-9-19-20-11-13-27(28-14-15-29-27)26(20,5)23-22(30-23)21(19)25/h17-23H,8-16H2,1-7H3/t17-,18?,19?,20?,21?,22+,23+,25+,26-/m1/s1. The molecule has 4 nitrogen and oxygen atoms in total. The maximum Gasteiger partial charge on any atom is 0.192 e. The SMILES string of the molecule is CC(C)(C)[Si](C)(C)OC1CC[C@]2(C)C3C(CC[C@@H]2C1)C1CCC2(OCCO2)[C@@]1(C)[C@H]1O[C@@H]31. The van der Waals surface area contributed by atoms with E-state index in [0.717, 1.165) is 37.4 Å². The fourth-order valence-corrected chi connectivity index (χ4v) is 10.6. The van der Waals surface area contributed by atoms with Crippen molar-refractivity contribution in [1.29, 1.82) is 0 Å². The molecule has 4 aliphatic carbocycles. The van der Waals surface area contributed by atoms with Crippen molar-refractivity contribution in [3.05, 3.63) is 0 Å². The predicted molar refractivity (Wildman–Crippen MR) is 128 cm³/mol. The highest BCUT2D eigenvalue weighted by Crippen LogP contribution is 2.74. The van der Waals surface area contributed by atoms with Gasteiger partial charge in [-0.25, -0.2) is 0 Å². The maximum absolute atomic E-state index is 6.93. The van der Waals surface area contributed by atoms with Crippen LogP contribution in [0.4, 0.5) is 0 Å². The second kappa shape index (κ2) is 6.84. The van der Waals surface area contributed by atoms with Gasteiger partial charge in [0.15, 0.2) is 14.1 Å². The lowest BCUT2D eigenvalue weighted by Crippen LogP contribution is -2.61. The molecule has 0 radical (unpaired) electrons. The molecule has 0 aromatic heterocycles. The van der Waals surface area contributed by atoms with E-state index in [0.29, 0.717) is 29.6 Å². The van der Waals surface area contributed by atoms with Gasteiger partial charge in [0.25, 0.3) is 0 Å². The third kappa shape index (κ3) is 2.81. The molecular weight excluding hydrogens is 416 g/mol. The molecular formula is C27H46O4Si. The molecule has 2 saturated heterocycles. The first-order valence-corrected chi connectivity index (χ1v) is 16.4. The zero-order valence-electron chi connectivity index (χ0n) is 21.5. The quantitative estimate of drug-likeness (QED) is 0.364. The van der Waals surface area contributed by atoms with E-state index in [4.69, 9.17) is 18.6 Å². The summed E-state index contributed by atoms with van der Waals surface area (Å²) in [6.45, 7) is 18.5.